The van der Waals surface area contributed by atoms with Gasteiger partial charge in [0.15, 0.2) is 0 Å². The van der Waals surface area contributed by atoms with Gasteiger partial charge >= 0.3 is 18.3 Å². The first-order chi connectivity index (χ1) is 25.1. The number of rotatable bonds is 12. The molecule has 1 N–H and O–H groups in total. The first-order valence-corrected chi connectivity index (χ1v) is 17.5. The third kappa shape index (κ3) is 10.6. The Hall–Kier alpha value is -4.45. The largest absolute Gasteiger partial charge is 0.492 e. The molecule has 3 aromatic carbocycles. The Labute approximate surface area is 310 Å². The van der Waals surface area contributed by atoms with Crippen LogP contribution in [0.25, 0.3) is 17.2 Å². The van der Waals surface area contributed by atoms with Crippen molar-refractivity contribution in [3.05, 3.63) is 87.8 Å². The van der Waals surface area contributed by atoms with Crippen molar-refractivity contribution in [2.45, 2.75) is 25.7 Å². The molecule has 5 rings (SSSR count). The lowest BCUT2D eigenvalue weighted by Gasteiger charge is -2.26. The maximum atomic E-state index is 13.7. The number of benzene rings is 3. The van der Waals surface area contributed by atoms with Gasteiger partial charge in [-0.2, -0.15) is 26.3 Å². The van der Waals surface area contributed by atoms with Gasteiger partial charge in [-0.15, -0.1) is 0 Å². The second kappa shape index (κ2) is 17.1. The Morgan fingerprint density at radius 2 is 1.58 bits per heavy atom. The molecule has 0 unspecified atom stereocenters. The SMILES string of the molecule is CCOC(=O)c1ccc(NC(=O)CCN2C(=O)/C(=C/c3cc(-c4cc(C(F)(F)F)cc(C(F)(F)F)c4)ccc3OCCN3CCOCC3)SC2=S)cc1. The highest BCUT2D eigenvalue weighted by atomic mass is 32.2. The van der Waals surface area contributed by atoms with Crippen molar-refractivity contribution in [1.82, 2.24) is 9.80 Å². The van der Waals surface area contributed by atoms with E-state index in [0.29, 0.717) is 56.2 Å². The second-order valence-electron chi connectivity index (χ2n) is 11.8. The number of anilines is 1. The predicted octanol–water partition coefficient (Wildman–Crippen LogP) is 7.51. The Morgan fingerprint density at radius 3 is 2.21 bits per heavy atom. The van der Waals surface area contributed by atoms with Gasteiger partial charge in [0.25, 0.3) is 5.91 Å². The summed E-state index contributed by atoms with van der Waals surface area (Å²) in [5.74, 6) is -1.24. The zero-order valence-corrected chi connectivity index (χ0v) is 29.8. The molecule has 282 valence electrons. The number of nitrogens with zero attached hydrogens (tertiary/aromatic N) is 2. The standard InChI is InChI=1S/C36H33F6N3O6S2/c1-2-50-33(48)22-3-6-28(7-4-22)43-31(46)9-10-45-32(47)30(53-34(45)52)20-25-17-23(5-8-29(25)51-16-13-44-11-14-49-15-12-44)24-18-26(35(37,38)39)21-27(19-24)36(40,41)42/h3-8,17-21H,2,9-16H2,1H3,(H,43,46)/b30-20-. The van der Waals surface area contributed by atoms with E-state index in [9.17, 15) is 40.7 Å². The highest BCUT2D eigenvalue weighted by Gasteiger charge is 2.37. The quantitative estimate of drug-likeness (QED) is 0.0868. The molecule has 0 aliphatic carbocycles. The minimum absolute atomic E-state index is 0.0239. The van der Waals surface area contributed by atoms with Gasteiger partial charge in [-0.25, -0.2) is 4.79 Å². The fourth-order valence-corrected chi connectivity index (χ4v) is 6.68. The second-order valence-corrected chi connectivity index (χ2v) is 13.5. The average molecular weight is 782 g/mol. The monoisotopic (exact) mass is 781 g/mol. The summed E-state index contributed by atoms with van der Waals surface area (Å²) in [5, 5.41) is 2.68. The third-order valence-corrected chi connectivity index (χ3v) is 9.48. The van der Waals surface area contributed by atoms with E-state index in [1.165, 1.54) is 53.4 Å². The van der Waals surface area contributed by atoms with Crippen LogP contribution in [0.3, 0.4) is 0 Å². The van der Waals surface area contributed by atoms with Crippen LogP contribution in [0.1, 0.15) is 40.4 Å². The number of hydrogen-bond donors (Lipinski definition) is 1. The highest BCUT2D eigenvalue weighted by molar-refractivity contribution is 8.26. The molecule has 0 aromatic heterocycles. The van der Waals surface area contributed by atoms with Gasteiger partial charge < -0.3 is 19.5 Å². The molecule has 53 heavy (non-hydrogen) atoms. The fraction of sp³-hybridized carbons (Fsp3) is 0.333. The van der Waals surface area contributed by atoms with Crippen molar-refractivity contribution in [3.8, 4) is 16.9 Å². The number of hydrogen-bond acceptors (Lipinski definition) is 9. The van der Waals surface area contributed by atoms with Crippen LogP contribution in [0, 0.1) is 0 Å². The number of amides is 2. The zero-order valence-electron chi connectivity index (χ0n) is 28.1. The van der Waals surface area contributed by atoms with Gasteiger partial charge in [-0.3, -0.25) is 19.4 Å². The summed E-state index contributed by atoms with van der Waals surface area (Å²) in [7, 11) is 0. The minimum atomic E-state index is -5.04. The van der Waals surface area contributed by atoms with Gasteiger partial charge in [0.05, 0.1) is 41.4 Å². The molecular formula is C36H33F6N3O6S2. The van der Waals surface area contributed by atoms with Crippen molar-refractivity contribution in [1.29, 1.82) is 0 Å². The van der Waals surface area contributed by atoms with Crippen LogP contribution in [0.15, 0.2) is 65.6 Å². The van der Waals surface area contributed by atoms with Crippen LogP contribution in [-0.4, -0.2) is 84.5 Å². The summed E-state index contributed by atoms with van der Waals surface area (Å²) in [4.78, 5) is 41.5. The molecule has 0 atom stereocenters. The first kappa shape index (κ1) is 39.8. The van der Waals surface area contributed by atoms with Crippen LogP contribution in [-0.2, 0) is 31.4 Å². The summed E-state index contributed by atoms with van der Waals surface area (Å²) in [6.45, 7) is 5.03. The molecule has 0 radical (unpaired) electrons. The number of alkyl halides is 6. The van der Waals surface area contributed by atoms with Crippen LogP contribution in [0.4, 0.5) is 32.0 Å². The molecule has 2 heterocycles. The number of morpholine rings is 1. The molecule has 0 spiro atoms. The summed E-state index contributed by atoms with van der Waals surface area (Å²) in [5.41, 5.74) is -2.29. The van der Waals surface area contributed by atoms with E-state index in [-0.39, 0.29) is 63.9 Å². The van der Waals surface area contributed by atoms with Gasteiger partial charge in [-0.05, 0) is 78.7 Å². The minimum Gasteiger partial charge on any atom is -0.492 e. The number of ether oxygens (including phenoxy) is 3. The number of carbonyl (C=O) groups excluding carboxylic acids is 3. The van der Waals surface area contributed by atoms with Crippen molar-refractivity contribution < 1.29 is 54.9 Å². The Kier molecular flexibility index (Phi) is 12.8. The Bertz CT molecular complexity index is 1850. The van der Waals surface area contributed by atoms with E-state index in [4.69, 9.17) is 26.4 Å². The maximum Gasteiger partial charge on any atom is 0.416 e. The molecule has 2 fully saturated rings. The van der Waals surface area contributed by atoms with E-state index in [0.717, 1.165) is 11.8 Å². The number of halogens is 6. The van der Waals surface area contributed by atoms with Gasteiger partial charge in [0.1, 0.15) is 16.7 Å². The van der Waals surface area contributed by atoms with E-state index in [2.05, 4.69) is 10.2 Å². The van der Waals surface area contributed by atoms with Crippen LogP contribution in [0.5, 0.6) is 5.75 Å². The van der Waals surface area contributed by atoms with Gasteiger partial charge in [0, 0.05) is 43.9 Å². The van der Waals surface area contributed by atoms with Crippen molar-refractivity contribution in [2.24, 2.45) is 0 Å². The molecule has 2 saturated heterocycles. The Balaban J connectivity index is 1.36. The van der Waals surface area contributed by atoms with Crippen LogP contribution < -0.4 is 10.1 Å². The molecule has 0 saturated carbocycles. The summed E-state index contributed by atoms with van der Waals surface area (Å²) in [6.07, 6.45) is -8.81. The number of nitrogens with one attached hydrogen (secondary N) is 1. The molecule has 2 aliphatic rings. The first-order valence-electron chi connectivity index (χ1n) is 16.3. The molecule has 2 aliphatic heterocycles. The lowest BCUT2D eigenvalue weighted by atomic mass is 9.97. The average Bonchev–Trinajstić information content (AvgIpc) is 3.38. The van der Waals surface area contributed by atoms with Crippen LogP contribution >= 0.6 is 24.0 Å². The van der Waals surface area contributed by atoms with Crippen molar-refractivity contribution in [2.75, 3.05) is 57.9 Å². The zero-order chi connectivity index (χ0) is 38.3. The number of esters is 1. The topological polar surface area (TPSA) is 97.4 Å². The smallest absolute Gasteiger partial charge is 0.416 e. The summed E-state index contributed by atoms with van der Waals surface area (Å²) >= 11 is 6.35. The number of carbonyl (C=O) groups is 3. The van der Waals surface area contributed by atoms with Gasteiger partial charge in [0.2, 0.25) is 5.91 Å². The van der Waals surface area contributed by atoms with Crippen molar-refractivity contribution >= 4 is 57.8 Å². The molecular weight excluding hydrogens is 749 g/mol. The van der Waals surface area contributed by atoms with Crippen molar-refractivity contribution in [3.63, 3.8) is 0 Å². The third-order valence-electron chi connectivity index (χ3n) is 8.10. The molecule has 3 aromatic rings. The lowest BCUT2D eigenvalue weighted by Crippen LogP contribution is -2.38. The summed E-state index contributed by atoms with van der Waals surface area (Å²) < 4.78 is 98.4. The van der Waals surface area contributed by atoms with E-state index < -0.39 is 41.3 Å². The number of thiocarbonyl (C=S) groups is 1. The molecule has 9 nitrogen and oxygen atoms in total. The van der Waals surface area contributed by atoms with E-state index >= 15 is 0 Å². The van der Waals surface area contributed by atoms with E-state index in [1.54, 1.807) is 6.92 Å². The van der Waals surface area contributed by atoms with Crippen LogP contribution in [0.2, 0.25) is 0 Å². The number of thioether (sulfide) groups is 1. The molecule has 0 bridgehead atoms. The Morgan fingerprint density at radius 1 is 0.925 bits per heavy atom. The lowest BCUT2D eigenvalue weighted by molar-refractivity contribution is -0.143. The highest BCUT2D eigenvalue weighted by Crippen LogP contribution is 2.40. The maximum absolute atomic E-state index is 13.7. The molecule has 17 heteroatoms. The van der Waals surface area contributed by atoms with Gasteiger partial charge in [-0.1, -0.05) is 30.0 Å². The molecule has 2 amide bonds. The summed E-state index contributed by atoms with van der Waals surface area (Å²) in [6, 6.07) is 11.5. The predicted molar refractivity (Wildman–Crippen MR) is 190 cm³/mol. The normalized spacial score (nSPS) is 16.3. The van der Waals surface area contributed by atoms with E-state index in [1.807, 2.05) is 0 Å². The fourth-order valence-electron chi connectivity index (χ4n) is 5.38.